The number of piperidine rings is 1. The first-order chi connectivity index (χ1) is 9.54. The van der Waals surface area contributed by atoms with Gasteiger partial charge in [-0.1, -0.05) is 36.8 Å². The Balaban J connectivity index is 2.12. The molecule has 1 fully saturated rings. The number of carbonyl (C=O) groups is 1. The lowest BCUT2D eigenvalue weighted by Crippen LogP contribution is -2.50. The summed E-state index contributed by atoms with van der Waals surface area (Å²) in [7, 11) is 1.42. The molecule has 0 radical (unpaired) electrons. The largest absolute Gasteiger partial charge is 0.468 e. The number of rotatable bonds is 4. The summed E-state index contributed by atoms with van der Waals surface area (Å²) >= 11 is 0. The standard InChI is InChI=1S/C16H23NO3/c1-16(19,13-8-4-3-5-9-13)12-17-11-7-6-10-14(17)15(18)20-2/h3-5,8-9,14,19H,6-7,10-12H2,1-2H3/t14-,16?/m1/s1. The topological polar surface area (TPSA) is 49.8 Å². The van der Waals surface area contributed by atoms with E-state index in [0.717, 1.165) is 31.4 Å². The smallest absolute Gasteiger partial charge is 0.323 e. The van der Waals surface area contributed by atoms with Gasteiger partial charge in [-0.05, 0) is 31.9 Å². The molecule has 20 heavy (non-hydrogen) atoms. The van der Waals surface area contributed by atoms with E-state index in [1.807, 2.05) is 35.2 Å². The lowest BCUT2D eigenvalue weighted by Gasteiger charge is -2.38. The molecule has 2 atom stereocenters. The Hall–Kier alpha value is -1.39. The van der Waals surface area contributed by atoms with Gasteiger partial charge in [0.05, 0.1) is 12.7 Å². The molecular weight excluding hydrogens is 254 g/mol. The van der Waals surface area contributed by atoms with Gasteiger partial charge in [0.15, 0.2) is 0 Å². The molecule has 4 heteroatoms. The molecule has 1 saturated heterocycles. The highest BCUT2D eigenvalue weighted by atomic mass is 16.5. The molecule has 1 N–H and O–H groups in total. The molecule has 1 aromatic carbocycles. The molecule has 1 heterocycles. The van der Waals surface area contributed by atoms with Crippen LogP contribution in [0.1, 0.15) is 31.7 Å². The van der Waals surface area contributed by atoms with Crippen LogP contribution in [0.5, 0.6) is 0 Å². The number of aliphatic hydroxyl groups is 1. The summed E-state index contributed by atoms with van der Waals surface area (Å²) in [6, 6.07) is 9.35. The fraction of sp³-hybridized carbons (Fsp3) is 0.562. The van der Waals surface area contributed by atoms with E-state index in [0.29, 0.717) is 6.54 Å². The van der Waals surface area contributed by atoms with Crippen LogP contribution in [0.2, 0.25) is 0 Å². The average molecular weight is 277 g/mol. The Kier molecular flexibility index (Phi) is 4.78. The van der Waals surface area contributed by atoms with Crippen molar-refractivity contribution in [1.82, 2.24) is 4.90 Å². The Labute approximate surface area is 120 Å². The second kappa shape index (κ2) is 6.37. The van der Waals surface area contributed by atoms with Gasteiger partial charge in [-0.25, -0.2) is 0 Å². The predicted octanol–water partition coefficient (Wildman–Crippen LogP) is 1.92. The molecule has 1 aromatic rings. The molecule has 0 spiro atoms. The van der Waals surface area contributed by atoms with Crippen LogP contribution < -0.4 is 0 Å². The SMILES string of the molecule is COC(=O)[C@H]1CCCCN1CC(C)(O)c1ccccc1. The van der Waals surface area contributed by atoms with E-state index in [-0.39, 0.29) is 12.0 Å². The number of benzene rings is 1. The van der Waals surface area contributed by atoms with Gasteiger partial charge < -0.3 is 9.84 Å². The van der Waals surface area contributed by atoms with E-state index in [2.05, 4.69) is 0 Å². The Morgan fingerprint density at radius 1 is 1.40 bits per heavy atom. The molecule has 0 saturated carbocycles. The molecule has 0 aromatic heterocycles. The van der Waals surface area contributed by atoms with Crippen molar-refractivity contribution in [3.05, 3.63) is 35.9 Å². The Morgan fingerprint density at radius 2 is 2.10 bits per heavy atom. The molecule has 0 aliphatic carbocycles. The van der Waals surface area contributed by atoms with E-state index in [1.54, 1.807) is 6.92 Å². The number of β-amino-alcohol motifs (C(OH)–C–C–N with tert-alkyl or cyclic N) is 1. The van der Waals surface area contributed by atoms with Crippen LogP contribution in [0.25, 0.3) is 0 Å². The number of hydrogen-bond donors (Lipinski definition) is 1. The lowest BCUT2D eigenvalue weighted by molar-refractivity contribution is -0.149. The molecule has 4 nitrogen and oxygen atoms in total. The molecule has 1 aliphatic heterocycles. The molecule has 110 valence electrons. The summed E-state index contributed by atoms with van der Waals surface area (Å²) in [6.45, 7) is 3.06. The number of carbonyl (C=O) groups excluding carboxylic acids is 1. The summed E-state index contributed by atoms with van der Waals surface area (Å²) < 4.78 is 4.88. The van der Waals surface area contributed by atoms with Crippen LogP contribution in [0.4, 0.5) is 0 Å². The summed E-state index contributed by atoms with van der Waals surface area (Å²) in [5.74, 6) is -0.200. The van der Waals surface area contributed by atoms with Crippen molar-refractivity contribution in [2.45, 2.75) is 37.8 Å². The Morgan fingerprint density at radius 3 is 2.75 bits per heavy atom. The lowest BCUT2D eigenvalue weighted by atomic mass is 9.93. The van der Waals surface area contributed by atoms with Crippen LogP contribution in [-0.2, 0) is 15.1 Å². The molecule has 0 bridgehead atoms. The number of hydrogen-bond acceptors (Lipinski definition) is 4. The van der Waals surface area contributed by atoms with Crippen molar-refractivity contribution in [3.63, 3.8) is 0 Å². The van der Waals surface area contributed by atoms with Crippen molar-refractivity contribution < 1.29 is 14.6 Å². The van der Waals surface area contributed by atoms with Gasteiger partial charge in [-0.3, -0.25) is 9.69 Å². The van der Waals surface area contributed by atoms with Gasteiger partial charge in [-0.15, -0.1) is 0 Å². The third-order valence-corrected chi connectivity index (χ3v) is 3.99. The van der Waals surface area contributed by atoms with Crippen molar-refractivity contribution >= 4 is 5.97 Å². The highest BCUT2D eigenvalue weighted by Crippen LogP contribution is 2.26. The van der Waals surface area contributed by atoms with E-state index < -0.39 is 5.60 Å². The van der Waals surface area contributed by atoms with E-state index in [4.69, 9.17) is 4.74 Å². The minimum atomic E-state index is -0.967. The van der Waals surface area contributed by atoms with E-state index in [9.17, 15) is 9.90 Å². The van der Waals surface area contributed by atoms with Crippen LogP contribution in [0.15, 0.2) is 30.3 Å². The summed E-state index contributed by atoms with van der Waals surface area (Å²) in [4.78, 5) is 13.9. The number of ether oxygens (including phenoxy) is 1. The second-order valence-electron chi connectivity index (χ2n) is 5.65. The van der Waals surface area contributed by atoms with Crippen molar-refractivity contribution in [3.8, 4) is 0 Å². The van der Waals surface area contributed by atoms with Gasteiger partial charge in [-0.2, -0.15) is 0 Å². The third-order valence-electron chi connectivity index (χ3n) is 3.99. The number of likely N-dealkylation sites (tertiary alicyclic amines) is 1. The fourth-order valence-corrected chi connectivity index (χ4v) is 2.87. The normalized spacial score (nSPS) is 23.1. The molecular formula is C16H23NO3. The maximum absolute atomic E-state index is 11.9. The Bertz CT molecular complexity index is 444. The highest BCUT2D eigenvalue weighted by molar-refractivity contribution is 5.75. The van der Waals surface area contributed by atoms with Gasteiger partial charge in [0.2, 0.25) is 0 Å². The molecule has 1 unspecified atom stereocenters. The van der Waals surface area contributed by atoms with Gasteiger partial charge in [0.1, 0.15) is 6.04 Å². The van der Waals surface area contributed by atoms with Crippen molar-refractivity contribution in [2.75, 3.05) is 20.2 Å². The first-order valence-electron chi connectivity index (χ1n) is 7.14. The first kappa shape index (κ1) is 15.0. The minimum Gasteiger partial charge on any atom is -0.468 e. The third kappa shape index (κ3) is 3.38. The molecule has 1 aliphatic rings. The zero-order valence-electron chi connectivity index (χ0n) is 12.2. The molecule has 0 amide bonds. The van der Waals surface area contributed by atoms with Gasteiger partial charge >= 0.3 is 5.97 Å². The molecule has 2 rings (SSSR count). The maximum Gasteiger partial charge on any atom is 0.323 e. The fourth-order valence-electron chi connectivity index (χ4n) is 2.87. The summed E-state index contributed by atoms with van der Waals surface area (Å²) in [5, 5.41) is 10.7. The number of methoxy groups -OCH3 is 1. The zero-order valence-corrected chi connectivity index (χ0v) is 12.2. The zero-order chi connectivity index (χ0) is 14.6. The maximum atomic E-state index is 11.9. The minimum absolute atomic E-state index is 0.200. The van der Waals surface area contributed by atoms with Crippen LogP contribution in [0, 0.1) is 0 Å². The first-order valence-corrected chi connectivity index (χ1v) is 7.14. The predicted molar refractivity (Wildman–Crippen MR) is 77.2 cm³/mol. The summed E-state index contributed by atoms with van der Waals surface area (Å²) in [6.07, 6.45) is 2.89. The second-order valence-corrected chi connectivity index (χ2v) is 5.65. The van der Waals surface area contributed by atoms with Crippen molar-refractivity contribution in [1.29, 1.82) is 0 Å². The van der Waals surface area contributed by atoms with Crippen molar-refractivity contribution in [2.24, 2.45) is 0 Å². The quantitative estimate of drug-likeness (QED) is 0.854. The van der Waals surface area contributed by atoms with E-state index in [1.165, 1.54) is 7.11 Å². The number of esters is 1. The monoisotopic (exact) mass is 277 g/mol. The average Bonchev–Trinajstić information content (AvgIpc) is 2.47. The van der Waals surface area contributed by atoms with Crippen LogP contribution >= 0.6 is 0 Å². The van der Waals surface area contributed by atoms with E-state index >= 15 is 0 Å². The van der Waals surface area contributed by atoms with Crippen LogP contribution in [-0.4, -0.2) is 42.2 Å². The highest BCUT2D eigenvalue weighted by Gasteiger charge is 2.34. The van der Waals surface area contributed by atoms with Gasteiger partial charge in [0, 0.05) is 6.54 Å². The van der Waals surface area contributed by atoms with Crippen LogP contribution in [0.3, 0.4) is 0 Å². The number of nitrogens with zero attached hydrogens (tertiary/aromatic N) is 1. The summed E-state index contributed by atoms with van der Waals surface area (Å²) in [5.41, 5.74) is -0.0978. The van der Waals surface area contributed by atoms with Gasteiger partial charge in [0.25, 0.3) is 0 Å².